The van der Waals surface area contributed by atoms with Gasteiger partial charge in [0.2, 0.25) is 0 Å². The number of carbonyl (C=O) groups is 1. The summed E-state index contributed by atoms with van der Waals surface area (Å²) in [7, 11) is 1.52. The maximum Gasteiger partial charge on any atom is 0.405 e. The molecule has 0 heterocycles. The monoisotopic (exact) mass is 329 g/mol. The van der Waals surface area contributed by atoms with Crippen LogP contribution < -0.4 is 10.1 Å². The molecule has 0 saturated carbocycles. The van der Waals surface area contributed by atoms with E-state index in [1.165, 1.54) is 19.2 Å². The van der Waals surface area contributed by atoms with E-state index in [9.17, 15) is 9.18 Å². The SMILES string of the molecule is COc1cc(F)ccc1-c1ccc2c(c1)CC(C)(C)C2NC(=O)O. The lowest BCUT2D eigenvalue weighted by molar-refractivity contribution is 0.175. The number of fused-ring (bicyclic) bond motifs is 1. The number of hydrogen-bond donors (Lipinski definition) is 2. The van der Waals surface area contributed by atoms with Crippen molar-refractivity contribution >= 4 is 6.09 Å². The van der Waals surface area contributed by atoms with Crippen molar-refractivity contribution in [2.45, 2.75) is 26.3 Å². The van der Waals surface area contributed by atoms with Crippen molar-refractivity contribution in [1.82, 2.24) is 5.32 Å². The number of benzene rings is 2. The molecular weight excluding hydrogens is 309 g/mol. The first kappa shape index (κ1) is 16.3. The molecule has 2 N–H and O–H groups in total. The molecule has 2 aromatic carbocycles. The van der Waals surface area contributed by atoms with Gasteiger partial charge in [-0.1, -0.05) is 32.0 Å². The molecule has 2 aromatic rings. The van der Waals surface area contributed by atoms with Crippen molar-refractivity contribution in [2.24, 2.45) is 5.41 Å². The van der Waals surface area contributed by atoms with Crippen LogP contribution in [0.25, 0.3) is 11.1 Å². The van der Waals surface area contributed by atoms with Crippen LogP contribution in [0.4, 0.5) is 9.18 Å². The summed E-state index contributed by atoms with van der Waals surface area (Å²) >= 11 is 0. The van der Waals surface area contributed by atoms with Crippen molar-refractivity contribution in [1.29, 1.82) is 0 Å². The minimum absolute atomic E-state index is 0.202. The summed E-state index contributed by atoms with van der Waals surface area (Å²) in [4.78, 5) is 11.1. The van der Waals surface area contributed by atoms with E-state index in [1.54, 1.807) is 6.07 Å². The van der Waals surface area contributed by atoms with Crippen LogP contribution in [0.5, 0.6) is 5.75 Å². The molecule has 0 saturated heterocycles. The third-order valence-corrected chi connectivity index (χ3v) is 4.62. The Bertz CT molecular complexity index is 801. The third kappa shape index (κ3) is 2.82. The van der Waals surface area contributed by atoms with E-state index in [4.69, 9.17) is 9.84 Å². The van der Waals surface area contributed by atoms with Gasteiger partial charge in [-0.2, -0.15) is 0 Å². The van der Waals surface area contributed by atoms with Gasteiger partial charge in [0.05, 0.1) is 13.2 Å². The number of ether oxygens (including phenoxy) is 1. The second kappa shape index (κ2) is 5.82. The van der Waals surface area contributed by atoms with E-state index in [-0.39, 0.29) is 17.3 Å². The van der Waals surface area contributed by atoms with Crippen LogP contribution in [-0.2, 0) is 6.42 Å². The van der Waals surface area contributed by atoms with Crippen LogP contribution in [0, 0.1) is 11.2 Å². The highest BCUT2D eigenvalue weighted by molar-refractivity contribution is 5.72. The van der Waals surface area contributed by atoms with E-state index < -0.39 is 6.09 Å². The van der Waals surface area contributed by atoms with Gasteiger partial charge >= 0.3 is 6.09 Å². The smallest absolute Gasteiger partial charge is 0.405 e. The maximum absolute atomic E-state index is 13.4. The molecule has 1 amide bonds. The summed E-state index contributed by atoms with van der Waals surface area (Å²) in [6, 6.07) is 10.1. The minimum Gasteiger partial charge on any atom is -0.496 e. The molecule has 1 atom stereocenters. The maximum atomic E-state index is 13.4. The highest BCUT2D eigenvalue weighted by Crippen LogP contribution is 2.46. The molecule has 126 valence electrons. The summed E-state index contributed by atoms with van der Waals surface area (Å²) < 4.78 is 18.7. The first-order valence-corrected chi connectivity index (χ1v) is 7.78. The molecule has 0 bridgehead atoms. The predicted octanol–water partition coefficient (Wildman–Crippen LogP) is 4.39. The van der Waals surface area contributed by atoms with Gasteiger partial charge in [-0.25, -0.2) is 9.18 Å². The summed E-state index contributed by atoms with van der Waals surface area (Å²) in [5.41, 5.74) is 3.63. The lowest BCUT2D eigenvalue weighted by Crippen LogP contribution is -2.34. The summed E-state index contributed by atoms with van der Waals surface area (Å²) in [6.07, 6.45) is -0.254. The highest BCUT2D eigenvalue weighted by Gasteiger charge is 2.40. The number of nitrogens with one attached hydrogen (secondary N) is 1. The second-order valence-corrected chi connectivity index (χ2v) is 6.81. The van der Waals surface area contributed by atoms with E-state index in [1.807, 2.05) is 32.0 Å². The average molecular weight is 329 g/mol. The van der Waals surface area contributed by atoms with E-state index >= 15 is 0 Å². The van der Waals surface area contributed by atoms with Crippen molar-refractivity contribution in [3.8, 4) is 16.9 Å². The van der Waals surface area contributed by atoms with Gasteiger partial charge < -0.3 is 15.2 Å². The van der Waals surface area contributed by atoms with Crippen molar-refractivity contribution in [3.63, 3.8) is 0 Å². The average Bonchev–Trinajstić information content (AvgIpc) is 2.76. The molecule has 0 aromatic heterocycles. The van der Waals surface area contributed by atoms with E-state index in [0.717, 1.165) is 28.7 Å². The molecule has 3 rings (SSSR count). The van der Waals surface area contributed by atoms with Crippen LogP contribution in [0.2, 0.25) is 0 Å². The topological polar surface area (TPSA) is 58.6 Å². The fraction of sp³-hybridized carbons (Fsp3) is 0.316. The standard InChI is InChI=1S/C19H20FNO3/c1-19(2)10-12-8-11(4-6-15(12)17(19)21-18(22)23)14-7-5-13(20)9-16(14)24-3/h4-9,17,21H,10H2,1-3H3,(H,22,23). The van der Waals surface area contributed by atoms with Crippen LogP contribution >= 0.6 is 0 Å². The lowest BCUT2D eigenvalue weighted by Gasteiger charge is -2.27. The Balaban J connectivity index is 2.04. The number of amides is 1. The second-order valence-electron chi connectivity index (χ2n) is 6.81. The molecular formula is C19H20FNO3. The molecule has 0 spiro atoms. The zero-order valence-corrected chi connectivity index (χ0v) is 13.9. The van der Waals surface area contributed by atoms with Crippen molar-refractivity contribution < 1.29 is 19.0 Å². The third-order valence-electron chi connectivity index (χ3n) is 4.62. The van der Waals surface area contributed by atoms with Gasteiger partial charge in [0, 0.05) is 11.6 Å². The summed E-state index contributed by atoms with van der Waals surface area (Å²) in [6.45, 7) is 4.09. The van der Waals surface area contributed by atoms with Gasteiger partial charge in [-0.15, -0.1) is 0 Å². The van der Waals surface area contributed by atoms with Crippen LogP contribution in [0.15, 0.2) is 36.4 Å². The molecule has 24 heavy (non-hydrogen) atoms. The van der Waals surface area contributed by atoms with Crippen LogP contribution in [-0.4, -0.2) is 18.3 Å². The molecule has 5 heteroatoms. The minimum atomic E-state index is -1.02. The molecule has 1 aliphatic rings. The molecule has 1 unspecified atom stereocenters. The normalized spacial score (nSPS) is 18.1. The fourth-order valence-electron chi connectivity index (χ4n) is 3.52. The molecule has 4 nitrogen and oxygen atoms in total. The number of hydrogen-bond acceptors (Lipinski definition) is 2. The van der Waals surface area contributed by atoms with Crippen molar-refractivity contribution in [2.75, 3.05) is 7.11 Å². The number of methoxy groups -OCH3 is 1. The number of rotatable bonds is 3. The van der Waals surface area contributed by atoms with Crippen LogP contribution in [0.1, 0.15) is 31.0 Å². The Morgan fingerprint density at radius 2 is 2.04 bits per heavy atom. The summed E-state index contributed by atoms with van der Waals surface area (Å²) in [5.74, 6) is 0.135. The Hall–Kier alpha value is -2.56. The lowest BCUT2D eigenvalue weighted by atomic mass is 9.85. The predicted molar refractivity (Wildman–Crippen MR) is 89.8 cm³/mol. The molecule has 0 radical (unpaired) electrons. The van der Waals surface area contributed by atoms with Gasteiger partial charge in [0.15, 0.2) is 0 Å². The Morgan fingerprint density at radius 1 is 1.29 bits per heavy atom. The Morgan fingerprint density at radius 3 is 2.71 bits per heavy atom. The van der Waals surface area contributed by atoms with Gasteiger partial charge in [-0.05, 0) is 40.7 Å². The first-order valence-electron chi connectivity index (χ1n) is 7.78. The zero-order valence-electron chi connectivity index (χ0n) is 13.9. The van der Waals surface area contributed by atoms with Gasteiger partial charge in [0.25, 0.3) is 0 Å². The molecule has 0 fully saturated rings. The van der Waals surface area contributed by atoms with Crippen LogP contribution in [0.3, 0.4) is 0 Å². The Kier molecular flexibility index (Phi) is 3.95. The largest absolute Gasteiger partial charge is 0.496 e. The molecule has 1 aliphatic carbocycles. The van der Waals surface area contributed by atoms with E-state index in [2.05, 4.69) is 5.32 Å². The van der Waals surface area contributed by atoms with Gasteiger partial charge in [-0.3, -0.25) is 0 Å². The summed E-state index contributed by atoms with van der Waals surface area (Å²) in [5, 5.41) is 11.7. The molecule has 0 aliphatic heterocycles. The quantitative estimate of drug-likeness (QED) is 0.878. The van der Waals surface area contributed by atoms with Crippen molar-refractivity contribution in [3.05, 3.63) is 53.3 Å². The number of halogens is 1. The van der Waals surface area contributed by atoms with Gasteiger partial charge in [0.1, 0.15) is 11.6 Å². The number of carboxylic acid groups (broad SMARTS) is 1. The first-order chi connectivity index (χ1) is 11.3. The zero-order chi connectivity index (χ0) is 17.5. The fourth-order valence-corrected chi connectivity index (χ4v) is 3.52. The Labute approximate surface area is 140 Å². The van der Waals surface area contributed by atoms with E-state index in [0.29, 0.717) is 5.75 Å². The highest BCUT2D eigenvalue weighted by atomic mass is 19.1.